The first-order valence-corrected chi connectivity index (χ1v) is 6.67. The molecule has 1 atom stereocenters. The first-order valence-electron chi connectivity index (χ1n) is 6.67. The summed E-state index contributed by atoms with van der Waals surface area (Å²) in [5.41, 5.74) is -2.50. The largest absolute Gasteiger partial charge is 0.480 e. The van der Waals surface area contributed by atoms with E-state index in [9.17, 15) is 27.9 Å². The lowest BCUT2D eigenvalue weighted by atomic mass is 9.98. The van der Waals surface area contributed by atoms with Crippen LogP contribution < -0.4 is 0 Å². The van der Waals surface area contributed by atoms with Gasteiger partial charge in [0.1, 0.15) is 11.2 Å². The normalized spacial score (nSPS) is 22.0. The summed E-state index contributed by atoms with van der Waals surface area (Å²) < 4.78 is 37.8. The van der Waals surface area contributed by atoms with Crippen molar-refractivity contribution < 1.29 is 27.9 Å². The summed E-state index contributed by atoms with van der Waals surface area (Å²) >= 11 is 0. The number of carbonyl (C=O) groups excluding carboxylic acids is 1. The quantitative estimate of drug-likeness (QED) is 0.910. The van der Waals surface area contributed by atoms with E-state index in [1.165, 1.54) is 18.7 Å². The van der Waals surface area contributed by atoms with E-state index >= 15 is 0 Å². The van der Waals surface area contributed by atoms with Gasteiger partial charge in [0.05, 0.1) is 11.3 Å². The summed E-state index contributed by atoms with van der Waals surface area (Å²) in [4.78, 5) is 28.5. The van der Waals surface area contributed by atoms with Crippen molar-refractivity contribution in [2.75, 3.05) is 6.54 Å². The van der Waals surface area contributed by atoms with Gasteiger partial charge in [-0.2, -0.15) is 13.2 Å². The highest BCUT2D eigenvalue weighted by atomic mass is 19.4. The van der Waals surface area contributed by atoms with Gasteiger partial charge in [0.25, 0.3) is 5.91 Å². The highest BCUT2D eigenvalue weighted by molar-refractivity contribution is 5.99. The van der Waals surface area contributed by atoms with E-state index in [4.69, 9.17) is 0 Å². The molecule has 0 spiro atoms. The Bertz CT molecular complexity index is 630. The SMILES string of the molecule is Cc1nc(C(F)(F)F)ccc1C(=O)N1CCCC1(C)C(=O)O. The van der Waals surface area contributed by atoms with Gasteiger partial charge in [-0.15, -0.1) is 0 Å². The van der Waals surface area contributed by atoms with E-state index in [-0.39, 0.29) is 17.8 Å². The number of hydrogen-bond acceptors (Lipinski definition) is 3. The van der Waals surface area contributed by atoms with Crippen molar-refractivity contribution in [2.45, 2.75) is 38.4 Å². The molecular weight excluding hydrogens is 301 g/mol. The van der Waals surface area contributed by atoms with Crippen molar-refractivity contribution in [3.05, 3.63) is 29.1 Å². The molecule has 1 aliphatic rings. The number of rotatable bonds is 2. The highest BCUT2D eigenvalue weighted by Gasteiger charge is 2.46. The number of aryl methyl sites for hydroxylation is 1. The van der Waals surface area contributed by atoms with Gasteiger partial charge in [-0.25, -0.2) is 9.78 Å². The van der Waals surface area contributed by atoms with Crippen LogP contribution in [0.3, 0.4) is 0 Å². The third-order valence-corrected chi connectivity index (χ3v) is 3.95. The van der Waals surface area contributed by atoms with E-state index in [2.05, 4.69) is 4.98 Å². The predicted molar refractivity (Wildman–Crippen MR) is 70.3 cm³/mol. The number of alkyl halides is 3. The number of nitrogens with zero attached hydrogens (tertiary/aromatic N) is 2. The number of carbonyl (C=O) groups is 2. The van der Waals surface area contributed by atoms with Crippen LogP contribution in [0.4, 0.5) is 13.2 Å². The molecule has 1 aromatic heterocycles. The van der Waals surface area contributed by atoms with Gasteiger partial charge in [0.2, 0.25) is 0 Å². The minimum absolute atomic E-state index is 0.0117. The van der Waals surface area contributed by atoms with Crippen LogP contribution in [0.1, 0.15) is 41.5 Å². The zero-order valence-corrected chi connectivity index (χ0v) is 12.1. The first-order chi connectivity index (χ1) is 10.1. The van der Waals surface area contributed by atoms with Gasteiger partial charge >= 0.3 is 12.1 Å². The fourth-order valence-corrected chi connectivity index (χ4v) is 2.60. The molecule has 1 fully saturated rings. The van der Waals surface area contributed by atoms with E-state index in [0.29, 0.717) is 12.8 Å². The molecule has 0 bridgehead atoms. The van der Waals surface area contributed by atoms with Crippen molar-refractivity contribution in [2.24, 2.45) is 0 Å². The number of carboxylic acid groups (broad SMARTS) is 1. The maximum Gasteiger partial charge on any atom is 0.433 e. The molecular formula is C14H15F3N2O3. The molecule has 0 aromatic carbocycles. The molecule has 120 valence electrons. The Balaban J connectivity index is 2.36. The van der Waals surface area contributed by atoms with Gasteiger partial charge in [-0.05, 0) is 38.8 Å². The topological polar surface area (TPSA) is 70.5 Å². The highest BCUT2D eigenvalue weighted by Crippen LogP contribution is 2.32. The van der Waals surface area contributed by atoms with Gasteiger partial charge in [-0.1, -0.05) is 0 Å². The summed E-state index contributed by atoms with van der Waals surface area (Å²) in [6.45, 7) is 2.99. The maximum atomic E-state index is 12.6. The molecule has 5 nitrogen and oxygen atoms in total. The number of aromatic nitrogens is 1. The van der Waals surface area contributed by atoms with Gasteiger partial charge in [0, 0.05) is 6.54 Å². The number of hydrogen-bond donors (Lipinski definition) is 1. The maximum absolute atomic E-state index is 12.6. The molecule has 0 saturated carbocycles. The predicted octanol–water partition coefficient (Wildman–Crippen LogP) is 2.49. The molecule has 0 aliphatic carbocycles. The second-order valence-electron chi connectivity index (χ2n) is 5.47. The van der Waals surface area contributed by atoms with Crippen LogP contribution in [0.15, 0.2) is 12.1 Å². The van der Waals surface area contributed by atoms with Crippen molar-refractivity contribution >= 4 is 11.9 Å². The summed E-state index contributed by atoms with van der Waals surface area (Å²) in [7, 11) is 0. The second kappa shape index (κ2) is 5.26. The van der Waals surface area contributed by atoms with Crippen LogP contribution in [-0.2, 0) is 11.0 Å². The fraction of sp³-hybridized carbons (Fsp3) is 0.500. The molecule has 1 unspecified atom stereocenters. The average molecular weight is 316 g/mol. The summed E-state index contributed by atoms with van der Waals surface area (Å²) in [5.74, 6) is -1.74. The molecule has 0 radical (unpaired) electrons. The van der Waals surface area contributed by atoms with Crippen LogP contribution in [0.5, 0.6) is 0 Å². The van der Waals surface area contributed by atoms with Crippen molar-refractivity contribution in [3.8, 4) is 0 Å². The van der Waals surface area contributed by atoms with E-state index in [0.717, 1.165) is 12.1 Å². The first kappa shape index (κ1) is 16.3. The van der Waals surface area contributed by atoms with E-state index in [1.807, 2.05) is 0 Å². The van der Waals surface area contributed by atoms with Crippen LogP contribution in [0, 0.1) is 6.92 Å². The fourth-order valence-electron chi connectivity index (χ4n) is 2.60. The smallest absolute Gasteiger partial charge is 0.433 e. The Morgan fingerprint density at radius 2 is 2.00 bits per heavy atom. The van der Waals surface area contributed by atoms with Gasteiger partial charge < -0.3 is 10.0 Å². The third-order valence-electron chi connectivity index (χ3n) is 3.95. The molecule has 1 aliphatic heterocycles. The Morgan fingerprint density at radius 3 is 2.50 bits per heavy atom. The molecule has 22 heavy (non-hydrogen) atoms. The number of aliphatic carboxylic acids is 1. The van der Waals surface area contributed by atoms with Crippen LogP contribution >= 0.6 is 0 Å². The van der Waals surface area contributed by atoms with Crippen molar-refractivity contribution in [3.63, 3.8) is 0 Å². The Hall–Kier alpha value is -2.12. The molecule has 2 rings (SSSR count). The lowest BCUT2D eigenvalue weighted by Crippen LogP contribution is -2.51. The Labute approximate surface area is 124 Å². The summed E-state index contributed by atoms with van der Waals surface area (Å²) in [5, 5.41) is 9.30. The summed E-state index contributed by atoms with van der Waals surface area (Å²) in [6, 6.07) is 1.78. The van der Waals surface area contributed by atoms with Crippen molar-refractivity contribution in [1.82, 2.24) is 9.88 Å². The minimum Gasteiger partial charge on any atom is -0.480 e. The number of pyridine rings is 1. The minimum atomic E-state index is -4.59. The molecule has 1 amide bonds. The number of likely N-dealkylation sites (tertiary alicyclic amines) is 1. The second-order valence-corrected chi connectivity index (χ2v) is 5.47. The number of halogens is 3. The Kier molecular flexibility index (Phi) is 3.88. The lowest BCUT2D eigenvalue weighted by Gasteiger charge is -2.31. The zero-order chi connectivity index (χ0) is 16.7. The molecule has 2 heterocycles. The number of carboxylic acids is 1. The van der Waals surface area contributed by atoms with Crippen molar-refractivity contribution in [1.29, 1.82) is 0 Å². The number of amides is 1. The monoisotopic (exact) mass is 316 g/mol. The lowest BCUT2D eigenvalue weighted by molar-refractivity contribution is -0.147. The van der Waals surface area contributed by atoms with E-state index < -0.39 is 29.3 Å². The molecule has 8 heteroatoms. The third kappa shape index (κ3) is 2.65. The average Bonchev–Trinajstić information content (AvgIpc) is 2.80. The summed E-state index contributed by atoms with van der Waals surface area (Å²) in [6.07, 6.45) is -3.75. The Morgan fingerprint density at radius 1 is 1.36 bits per heavy atom. The molecule has 1 N–H and O–H groups in total. The zero-order valence-electron chi connectivity index (χ0n) is 12.1. The van der Waals surface area contributed by atoms with Crippen LogP contribution in [-0.4, -0.2) is 39.0 Å². The molecule has 1 saturated heterocycles. The van der Waals surface area contributed by atoms with Gasteiger partial charge in [0.15, 0.2) is 0 Å². The van der Waals surface area contributed by atoms with Gasteiger partial charge in [-0.3, -0.25) is 4.79 Å². The van der Waals surface area contributed by atoms with Crippen LogP contribution in [0.25, 0.3) is 0 Å². The van der Waals surface area contributed by atoms with E-state index in [1.54, 1.807) is 0 Å². The standard InChI is InChI=1S/C14H15F3N2O3/c1-8-9(4-5-10(18-8)14(15,16)17)11(20)19-7-3-6-13(19,2)12(21)22/h4-5H,3,6-7H2,1-2H3,(H,21,22). The van der Waals surface area contributed by atoms with Crippen LogP contribution in [0.2, 0.25) is 0 Å². The molecule has 1 aromatic rings.